The molecule has 20 heavy (non-hydrogen) atoms. The fourth-order valence-electron chi connectivity index (χ4n) is 2.20. The highest BCUT2D eigenvalue weighted by Crippen LogP contribution is 2.22. The lowest BCUT2D eigenvalue weighted by Crippen LogP contribution is -2.32. The van der Waals surface area contributed by atoms with E-state index in [2.05, 4.69) is 0 Å². The van der Waals surface area contributed by atoms with E-state index in [4.69, 9.17) is 10.8 Å². The summed E-state index contributed by atoms with van der Waals surface area (Å²) in [5.74, 6) is -1.60. The first-order valence-corrected chi connectivity index (χ1v) is 6.46. The summed E-state index contributed by atoms with van der Waals surface area (Å²) < 4.78 is 0. The summed E-state index contributed by atoms with van der Waals surface area (Å²) in [7, 11) is 0. The molecule has 0 saturated carbocycles. The number of imide groups is 1. The fraction of sp³-hybridized carbons (Fsp3) is 0.357. The van der Waals surface area contributed by atoms with E-state index in [9.17, 15) is 14.4 Å². The van der Waals surface area contributed by atoms with E-state index < -0.39 is 12.0 Å². The molecule has 106 valence electrons. The minimum atomic E-state index is -1.04. The van der Waals surface area contributed by atoms with Crippen molar-refractivity contribution in [1.29, 1.82) is 0 Å². The smallest absolute Gasteiger partial charge is 0.320 e. The van der Waals surface area contributed by atoms with E-state index in [1.165, 1.54) is 4.90 Å². The molecular formula is C14H16N2O4. The van der Waals surface area contributed by atoms with Crippen LogP contribution in [0.3, 0.4) is 0 Å². The standard InChI is InChI=1S/C14H16N2O4/c15-11(14(19)20)7-3-4-8-16-12(17)9-5-1-2-6-10(9)13(16)18/h1-2,5-6,11H,3-4,7-8,15H2,(H,19,20). The molecular weight excluding hydrogens is 260 g/mol. The van der Waals surface area contributed by atoms with E-state index in [0.717, 1.165) is 0 Å². The van der Waals surface area contributed by atoms with E-state index in [1.54, 1.807) is 24.3 Å². The SMILES string of the molecule is NC(CCCCN1C(=O)c2ccccc2C1=O)C(=O)O. The number of hydrogen-bond donors (Lipinski definition) is 2. The predicted octanol–water partition coefficient (Wildman–Crippen LogP) is 0.865. The highest BCUT2D eigenvalue weighted by atomic mass is 16.4. The number of rotatable bonds is 6. The maximum atomic E-state index is 12.0. The first kappa shape index (κ1) is 14.2. The van der Waals surface area contributed by atoms with Crippen molar-refractivity contribution in [3.63, 3.8) is 0 Å². The molecule has 1 aromatic rings. The van der Waals surface area contributed by atoms with Gasteiger partial charge in [-0.15, -0.1) is 0 Å². The Bertz CT molecular complexity index is 521. The highest BCUT2D eigenvalue weighted by molar-refractivity contribution is 6.21. The number of carboxylic acids is 1. The second kappa shape index (κ2) is 5.83. The van der Waals surface area contributed by atoms with Crippen LogP contribution in [0.1, 0.15) is 40.0 Å². The van der Waals surface area contributed by atoms with Crippen LogP contribution >= 0.6 is 0 Å². The summed E-state index contributed by atoms with van der Waals surface area (Å²) >= 11 is 0. The van der Waals surface area contributed by atoms with Gasteiger partial charge in [-0.2, -0.15) is 0 Å². The van der Waals surface area contributed by atoms with Crippen LogP contribution in [0.25, 0.3) is 0 Å². The molecule has 0 saturated heterocycles. The van der Waals surface area contributed by atoms with Gasteiger partial charge in [0.25, 0.3) is 11.8 Å². The third-order valence-electron chi connectivity index (χ3n) is 3.34. The van der Waals surface area contributed by atoms with Crippen LogP contribution in [0.5, 0.6) is 0 Å². The number of amides is 2. The van der Waals surface area contributed by atoms with Crippen molar-refractivity contribution in [2.75, 3.05) is 6.54 Å². The molecule has 0 radical (unpaired) electrons. The Labute approximate surface area is 116 Å². The number of unbranched alkanes of at least 4 members (excludes halogenated alkanes) is 1. The topological polar surface area (TPSA) is 101 Å². The van der Waals surface area contributed by atoms with E-state index in [1.807, 2.05) is 0 Å². The summed E-state index contributed by atoms with van der Waals surface area (Å²) in [4.78, 5) is 35.8. The number of hydrogen-bond acceptors (Lipinski definition) is 4. The molecule has 0 aliphatic carbocycles. The molecule has 1 unspecified atom stereocenters. The molecule has 1 aliphatic rings. The van der Waals surface area contributed by atoms with Crippen LogP contribution in [-0.2, 0) is 4.79 Å². The molecule has 2 amide bonds. The molecule has 3 N–H and O–H groups in total. The average molecular weight is 276 g/mol. The van der Waals surface area contributed by atoms with Gasteiger partial charge in [0, 0.05) is 6.54 Å². The number of benzene rings is 1. The molecule has 6 heteroatoms. The zero-order valence-electron chi connectivity index (χ0n) is 10.9. The number of aliphatic carboxylic acids is 1. The number of nitrogens with zero attached hydrogens (tertiary/aromatic N) is 1. The molecule has 1 aromatic carbocycles. The second-order valence-electron chi connectivity index (χ2n) is 4.75. The maximum absolute atomic E-state index is 12.0. The van der Waals surface area contributed by atoms with Crippen molar-refractivity contribution in [3.05, 3.63) is 35.4 Å². The summed E-state index contributed by atoms with van der Waals surface area (Å²) in [5.41, 5.74) is 6.25. The van der Waals surface area contributed by atoms with Gasteiger partial charge in [-0.05, 0) is 31.4 Å². The second-order valence-corrected chi connectivity index (χ2v) is 4.75. The molecule has 1 heterocycles. The molecule has 0 aromatic heterocycles. The Morgan fingerprint density at radius 1 is 1.15 bits per heavy atom. The van der Waals surface area contributed by atoms with Gasteiger partial charge in [-0.1, -0.05) is 12.1 Å². The van der Waals surface area contributed by atoms with E-state index in [0.29, 0.717) is 36.9 Å². The maximum Gasteiger partial charge on any atom is 0.320 e. The molecule has 0 fully saturated rings. The third kappa shape index (κ3) is 2.70. The van der Waals surface area contributed by atoms with Gasteiger partial charge in [-0.3, -0.25) is 19.3 Å². The van der Waals surface area contributed by atoms with Crippen molar-refractivity contribution < 1.29 is 19.5 Å². The van der Waals surface area contributed by atoms with Crippen molar-refractivity contribution in [1.82, 2.24) is 4.90 Å². The van der Waals surface area contributed by atoms with Crippen LogP contribution in [0.4, 0.5) is 0 Å². The normalized spacial score (nSPS) is 15.3. The Hall–Kier alpha value is -2.21. The van der Waals surface area contributed by atoms with Crippen molar-refractivity contribution in [2.24, 2.45) is 5.73 Å². The number of carbonyl (C=O) groups is 3. The van der Waals surface area contributed by atoms with Crippen LogP contribution in [0.2, 0.25) is 0 Å². The van der Waals surface area contributed by atoms with E-state index in [-0.39, 0.29) is 11.8 Å². The van der Waals surface area contributed by atoms with Crippen LogP contribution < -0.4 is 5.73 Å². The molecule has 6 nitrogen and oxygen atoms in total. The fourth-order valence-corrected chi connectivity index (χ4v) is 2.20. The predicted molar refractivity (Wildman–Crippen MR) is 71.3 cm³/mol. The zero-order chi connectivity index (χ0) is 14.7. The zero-order valence-corrected chi connectivity index (χ0v) is 10.9. The Morgan fingerprint density at radius 3 is 2.20 bits per heavy atom. The first-order chi connectivity index (χ1) is 9.52. The average Bonchev–Trinajstić information content (AvgIpc) is 2.68. The van der Waals surface area contributed by atoms with Gasteiger partial charge < -0.3 is 10.8 Å². The molecule has 0 bridgehead atoms. The summed E-state index contributed by atoms with van der Waals surface area (Å²) in [6, 6.07) is 5.82. The van der Waals surface area contributed by atoms with Crippen molar-refractivity contribution in [2.45, 2.75) is 25.3 Å². The molecule has 1 aliphatic heterocycles. The minimum absolute atomic E-state index is 0.284. The number of carboxylic acid groups (broad SMARTS) is 1. The first-order valence-electron chi connectivity index (χ1n) is 6.46. The number of fused-ring (bicyclic) bond motifs is 1. The van der Waals surface area contributed by atoms with Crippen LogP contribution in [0.15, 0.2) is 24.3 Å². The molecule has 1 atom stereocenters. The summed E-state index contributed by atoms with van der Waals surface area (Å²) in [6.45, 7) is 0.290. The number of nitrogens with two attached hydrogens (primary N) is 1. The van der Waals surface area contributed by atoms with E-state index >= 15 is 0 Å². The lowest BCUT2D eigenvalue weighted by Gasteiger charge is -2.14. The highest BCUT2D eigenvalue weighted by Gasteiger charge is 2.34. The minimum Gasteiger partial charge on any atom is -0.480 e. The largest absolute Gasteiger partial charge is 0.480 e. The van der Waals surface area contributed by atoms with Crippen molar-refractivity contribution >= 4 is 17.8 Å². The molecule has 0 spiro atoms. The lowest BCUT2D eigenvalue weighted by atomic mass is 10.1. The Morgan fingerprint density at radius 2 is 1.70 bits per heavy atom. The van der Waals surface area contributed by atoms with Gasteiger partial charge in [0.1, 0.15) is 6.04 Å². The van der Waals surface area contributed by atoms with Gasteiger partial charge >= 0.3 is 5.97 Å². The quantitative estimate of drug-likeness (QED) is 0.593. The number of carbonyl (C=O) groups excluding carboxylic acids is 2. The summed E-state index contributed by atoms with van der Waals surface area (Å²) in [5, 5.41) is 8.65. The third-order valence-corrected chi connectivity index (χ3v) is 3.34. The Balaban J connectivity index is 1.88. The van der Waals surface area contributed by atoms with Crippen LogP contribution in [0, 0.1) is 0 Å². The lowest BCUT2D eigenvalue weighted by molar-refractivity contribution is -0.138. The van der Waals surface area contributed by atoms with Crippen LogP contribution in [-0.4, -0.2) is 40.4 Å². The van der Waals surface area contributed by atoms with Gasteiger partial charge in [0.05, 0.1) is 11.1 Å². The van der Waals surface area contributed by atoms with Gasteiger partial charge in [-0.25, -0.2) is 0 Å². The Kier molecular flexibility index (Phi) is 4.14. The van der Waals surface area contributed by atoms with Crippen molar-refractivity contribution in [3.8, 4) is 0 Å². The molecule has 2 rings (SSSR count). The monoisotopic (exact) mass is 276 g/mol. The van der Waals surface area contributed by atoms with Gasteiger partial charge in [0.15, 0.2) is 0 Å². The van der Waals surface area contributed by atoms with Gasteiger partial charge in [0.2, 0.25) is 0 Å². The summed E-state index contributed by atoms with van der Waals surface area (Å²) in [6.07, 6.45) is 1.44.